The van der Waals surface area contributed by atoms with Gasteiger partial charge in [0.25, 0.3) is 0 Å². The van der Waals surface area contributed by atoms with E-state index in [1.807, 2.05) is 0 Å². The van der Waals surface area contributed by atoms with Gasteiger partial charge in [-0.05, 0) is 7.05 Å². The molecule has 0 saturated carbocycles. The average Bonchev–Trinajstić information content (AvgIpc) is 1.65. The summed E-state index contributed by atoms with van der Waals surface area (Å²) in [7, 11) is 1.61. The molecule has 0 radical (unpaired) electrons. The molecule has 3 heteroatoms. The van der Waals surface area contributed by atoms with Crippen molar-refractivity contribution in [1.29, 1.82) is 0 Å². The van der Waals surface area contributed by atoms with E-state index < -0.39 is 0 Å². The lowest BCUT2D eigenvalue weighted by atomic mass is 10.9. The fraction of sp³-hybridized carbons (Fsp3) is 1.00. The smallest absolute Gasteiger partial charge is 0.0971 e. The molecule has 0 bridgehead atoms. The van der Waals surface area contributed by atoms with E-state index in [1.165, 1.54) is 4.90 Å². The molecule has 0 amide bonds. The summed E-state index contributed by atoms with van der Waals surface area (Å²) in [5, 5.41) is 16.2. The molecule has 0 spiro atoms. The first-order valence-electron chi connectivity index (χ1n) is 1.71. The third-order valence-electron chi connectivity index (χ3n) is 0.483. The van der Waals surface area contributed by atoms with Crippen molar-refractivity contribution in [3.05, 3.63) is 0 Å². The predicted molar refractivity (Wildman–Crippen MR) is 21.9 cm³/mol. The fourth-order valence-corrected chi connectivity index (χ4v) is 0.0447. The number of nitrogens with zero attached hydrogens (tertiary/aromatic N) is 1. The molecule has 0 fully saturated rings. The molecule has 0 aromatic heterocycles. The van der Waals surface area contributed by atoms with Crippen molar-refractivity contribution in [3.63, 3.8) is 0 Å². The highest BCUT2D eigenvalue weighted by molar-refractivity contribution is 4.22. The number of hydrogen-bond acceptors (Lipinski definition) is 3. The van der Waals surface area contributed by atoms with Gasteiger partial charge in [0.05, 0.1) is 13.5 Å². The lowest BCUT2D eigenvalue weighted by Gasteiger charge is -2.05. The Labute approximate surface area is 36.8 Å². The Morgan fingerprint density at radius 1 is 1.33 bits per heavy atom. The van der Waals surface area contributed by atoms with Gasteiger partial charge in [0, 0.05) is 0 Å². The second kappa shape index (κ2) is 3.08. The summed E-state index contributed by atoms with van der Waals surface area (Å²) < 4.78 is 0. The van der Waals surface area contributed by atoms with E-state index in [2.05, 4.69) is 0 Å². The molecule has 0 aromatic rings. The molecule has 0 aromatic carbocycles. The quantitative estimate of drug-likeness (QED) is 0.420. The van der Waals surface area contributed by atoms with Gasteiger partial charge >= 0.3 is 0 Å². The van der Waals surface area contributed by atoms with Crippen LogP contribution in [0, 0.1) is 0 Å². The van der Waals surface area contributed by atoms with E-state index in [0.717, 1.165) is 0 Å². The minimum atomic E-state index is -0.0868. The van der Waals surface area contributed by atoms with Gasteiger partial charge in [-0.3, -0.25) is 4.90 Å². The molecule has 38 valence electrons. The third kappa shape index (κ3) is 2.14. The first-order chi connectivity index (χ1) is 2.81. The lowest BCUT2D eigenvalue weighted by Crippen LogP contribution is -2.19. The van der Waals surface area contributed by atoms with Crippen molar-refractivity contribution in [1.82, 2.24) is 4.90 Å². The summed E-state index contributed by atoms with van der Waals surface area (Å²) in [5.74, 6) is 0. The zero-order valence-corrected chi connectivity index (χ0v) is 3.76. The normalized spacial score (nSPS) is 10.0. The van der Waals surface area contributed by atoms with Crippen LogP contribution < -0.4 is 0 Å². The van der Waals surface area contributed by atoms with Crippen LogP contribution in [-0.4, -0.2) is 35.6 Å². The minimum Gasteiger partial charge on any atom is -0.381 e. The molecule has 0 rings (SSSR count). The second-order valence-electron chi connectivity index (χ2n) is 1.14. The van der Waals surface area contributed by atoms with Crippen LogP contribution in [0.25, 0.3) is 0 Å². The van der Waals surface area contributed by atoms with E-state index in [0.29, 0.717) is 0 Å². The number of hydrogen-bond donors (Lipinski definition) is 2. The molecule has 0 atom stereocenters. The van der Waals surface area contributed by atoms with Crippen LogP contribution in [0.3, 0.4) is 0 Å². The average molecular weight is 91.1 g/mol. The summed E-state index contributed by atoms with van der Waals surface area (Å²) in [6, 6.07) is 0. The van der Waals surface area contributed by atoms with E-state index in [9.17, 15) is 0 Å². The maximum Gasteiger partial charge on any atom is 0.0971 e. The van der Waals surface area contributed by atoms with Crippen LogP contribution in [0.1, 0.15) is 0 Å². The summed E-state index contributed by atoms with van der Waals surface area (Å²) in [6.07, 6.45) is 0. The van der Waals surface area contributed by atoms with E-state index in [-0.39, 0.29) is 13.5 Å². The summed E-state index contributed by atoms with van der Waals surface area (Å²) in [5.41, 5.74) is 0. The summed E-state index contributed by atoms with van der Waals surface area (Å²) in [6.45, 7) is -0.174. The van der Waals surface area contributed by atoms with Crippen molar-refractivity contribution >= 4 is 0 Å². The van der Waals surface area contributed by atoms with E-state index >= 15 is 0 Å². The Bertz CT molecular complexity index is 28.0. The van der Waals surface area contributed by atoms with Crippen molar-refractivity contribution in [2.24, 2.45) is 0 Å². The fourth-order valence-electron chi connectivity index (χ4n) is 0.0447. The molecule has 3 nitrogen and oxygen atoms in total. The zero-order chi connectivity index (χ0) is 4.99. The van der Waals surface area contributed by atoms with E-state index in [1.54, 1.807) is 7.05 Å². The van der Waals surface area contributed by atoms with E-state index in [4.69, 9.17) is 10.2 Å². The Kier molecular flexibility index (Phi) is 3.02. The predicted octanol–water partition coefficient (Wildman–Crippen LogP) is -1.18. The Hall–Kier alpha value is -0.120. The number of aliphatic hydroxyl groups excluding tert-OH is 2. The first-order valence-corrected chi connectivity index (χ1v) is 1.71. The molecule has 0 saturated heterocycles. The Morgan fingerprint density at radius 3 is 1.67 bits per heavy atom. The van der Waals surface area contributed by atoms with Crippen LogP contribution in [0.2, 0.25) is 0 Å². The zero-order valence-electron chi connectivity index (χ0n) is 3.76. The first kappa shape index (κ1) is 5.88. The highest BCUT2D eigenvalue weighted by Crippen LogP contribution is 1.68. The molecular formula is C3H9NO2. The topological polar surface area (TPSA) is 43.7 Å². The highest BCUT2D eigenvalue weighted by Gasteiger charge is 1.84. The molecule has 0 heterocycles. The van der Waals surface area contributed by atoms with Gasteiger partial charge in [-0.25, -0.2) is 0 Å². The van der Waals surface area contributed by atoms with Crippen molar-refractivity contribution in [3.8, 4) is 0 Å². The number of rotatable bonds is 2. The minimum absolute atomic E-state index is 0.0868. The molecule has 6 heavy (non-hydrogen) atoms. The van der Waals surface area contributed by atoms with Gasteiger partial charge in [0.15, 0.2) is 0 Å². The molecule has 0 unspecified atom stereocenters. The molecular weight excluding hydrogens is 82.0 g/mol. The van der Waals surface area contributed by atoms with Gasteiger partial charge in [-0.2, -0.15) is 0 Å². The summed E-state index contributed by atoms with van der Waals surface area (Å²) in [4.78, 5) is 1.36. The van der Waals surface area contributed by atoms with Crippen LogP contribution in [0.5, 0.6) is 0 Å². The third-order valence-corrected chi connectivity index (χ3v) is 0.483. The van der Waals surface area contributed by atoms with Crippen LogP contribution in [0.15, 0.2) is 0 Å². The van der Waals surface area contributed by atoms with Crippen molar-refractivity contribution in [2.45, 2.75) is 0 Å². The molecule has 0 aliphatic rings. The SMILES string of the molecule is CN(CO)CO. The Balaban J connectivity index is 2.75. The molecule has 0 aliphatic carbocycles. The standard InChI is InChI=1S/C3H9NO2/c1-4(2-5)3-6/h5-6H,2-3H2,1H3. The van der Waals surface area contributed by atoms with Crippen LogP contribution >= 0.6 is 0 Å². The van der Waals surface area contributed by atoms with Gasteiger partial charge in [0.2, 0.25) is 0 Å². The van der Waals surface area contributed by atoms with Gasteiger partial charge in [0.1, 0.15) is 0 Å². The van der Waals surface area contributed by atoms with Gasteiger partial charge < -0.3 is 10.2 Å². The molecule has 2 N–H and O–H groups in total. The van der Waals surface area contributed by atoms with Crippen LogP contribution in [0.4, 0.5) is 0 Å². The summed E-state index contributed by atoms with van der Waals surface area (Å²) >= 11 is 0. The van der Waals surface area contributed by atoms with Crippen LogP contribution in [-0.2, 0) is 0 Å². The molecule has 0 aliphatic heterocycles. The number of aliphatic hydroxyl groups is 2. The second-order valence-corrected chi connectivity index (χ2v) is 1.14. The van der Waals surface area contributed by atoms with Gasteiger partial charge in [-0.15, -0.1) is 0 Å². The van der Waals surface area contributed by atoms with Gasteiger partial charge in [-0.1, -0.05) is 0 Å². The maximum atomic E-state index is 8.10. The Morgan fingerprint density at radius 2 is 1.67 bits per heavy atom. The van der Waals surface area contributed by atoms with Crippen molar-refractivity contribution in [2.75, 3.05) is 20.5 Å². The monoisotopic (exact) mass is 91.1 g/mol. The maximum absolute atomic E-state index is 8.10. The largest absolute Gasteiger partial charge is 0.381 e. The van der Waals surface area contributed by atoms with Crippen molar-refractivity contribution < 1.29 is 10.2 Å². The highest BCUT2D eigenvalue weighted by atomic mass is 16.3. The lowest BCUT2D eigenvalue weighted by molar-refractivity contribution is 0.0512.